The Morgan fingerprint density at radius 1 is 0.376 bits per heavy atom. The molecule has 0 aliphatic carbocycles. The Morgan fingerprint density at radius 2 is 0.635 bits per heavy atom. The predicted octanol–water partition coefficient (Wildman–Crippen LogP) is 10.9. The molecule has 0 bridgehead atoms. The van der Waals surface area contributed by atoms with Crippen LogP contribution >= 0.6 is 35.3 Å². The van der Waals surface area contributed by atoms with E-state index in [0.717, 1.165) is 49.6 Å². The molecule has 6 aromatic carbocycles. The van der Waals surface area contributed by atoms with Crippen molar-refractivity contribution in [2.24, 2.45) is 0 Å². The SMILES string of the molecule is C=CC(=O)OCCNC(=O)OC(COc1ccc(C(c2ccc(OCC(CSc3ccccc3)OC(=O)NCCOC(=O)C=C)cc2)c2ccc(OCC(CSc3ccccc3)OC(=O)NCCOC(=O)C=C)cc2)cc1)CSc1ccccc1. The molecule has 0 heterocycles. The van der Waals surface area contributed by atoms with Gasteiger partial charge in [-0.05, 0) is 89.5 Å². The number of amides is 3. The average molecular weight is 1210 g/mol. The molecule has 18 nitrogen and oxygen atoms in total. The van der Waals surface area contributed by atoms with Gasteiger partial charge in [0.1, 0.15) is 75.2 Å². The van der Waals surface area contributed by atoms with Crippen molar-refractivity contribution in [3.8, 4) is 17.2 Å². The minimum Gasteiger partial charge on any atom is -0.490 e. The molecule has 3 unspecified atom stereocenters. The maximum Gasteiger partial charge on any atom is 0.407 e. The topological polar surface area (TPSA) is 222 Å². The minimum absolute atomic E-state index is 0.0356. The molecule has 446 valence electrons. The van der Waals surface area contributed by atoms with Gasteiger partial charge in [0.2, 0.25) is 0 Å². The van der Waals surface area contributed by atoms with Crippen molar-refractivity contribution < 1.29 is 71.4 Å². The molecule has 0 aromatic heterocycles. The number of thioether (sulfide) groups is 3. The Morgan fingerprint density at radius 3 is 0.882 bits per heavy atom. The predicted molar refractivity (Wildman–Crippen MR) is 327 cm³/mol. The van der Waals surface area contributed by atoms with Crippen LogP contribution in [0.1, 0.15) is 22.6 Å². The fraction of sp³-hybridized carbons (Fsp3) is 0.250. The molecule has 0 radical (unpaired) electrons. The zero-order valence-corrected chi connectivity index (χ0v) is 49.0. The number of alkyl carbamates (subject to hydrolysis) is 3. The number of carbonyl (C=O) groups excluding carboxylic acids is 6. The van der Waals surface area contributed by atoms with Crippen LogP contribution in [0.5, 0.6) is 17.2 Å². The quantitative estimate of drug-likeness (QED) is 0.00831. The van der Waals surface area contributed by atoms with Gasteiger partial charge in [-0.1, -0.05) is 111 Å². The summed E-state index contributed by atoms with van der Waals surface area (Å²) >= 11 is 4.53. The molecule has 0 saturated carbocycles. The van der Waals surface area contributed by atoms with Gasteiger partial charge < -0.3 is 58.6 Å². The average Bonchev–Trinajstić information content (AvgIpc) is 3.73. The zero-order chi connectivity index (χ0) is 60.3. The lowest BCUT2D eigenvalue weighted by molar-refractivity contribution is -0.138. The Balaban J connectivity index is 1.18. The highest BCUT2D eigenvalue weighted by Crippen LogP contribution is 2.35. The van der Waals surface area contributed by atoms with Gasteiger partial charge in [0.15, 0.2) is 0 Å². The standard InChI is InChI=1S/C64H67N3O15S3/c1-4-58(68)74-37-34-65-62(71)80-52(43-83-55-16-10-7-11-17-55)40-77-49-28-22-46(23-29-49)61(47-24-30-50(31-25-47)78-41-53(44-84-56-18-12-8-13-19-56)81-63(72)66-35-38-75-59(69)5-2)48-26-32-51(33-27-48)79-42-54(45-85-57-20-14-9-15-21-57)82-64(73)67-36-39-76-60(70)6-3/h4-33,52-54,61H,1-3,34-45H2,(H,65,71)(H,66,72)(H,67,73). The Kier molecular flexibility index (Phi) is 28.8. The summed E-state index contributed by atoms with van der Waals surface area (Å²) in [4.78, 5) is 75.9. The van der Waals surface area contributed by atoms with Crippen LogP contribution in [0, 0.1) is 0 Å². The van der Waals surface area contributed by atoms with E-state index in [0.29, 0.717) is 34.5 Å². The summed E-state index contributed by atoms with van der Waals surface area (Å²) in [6, 6.07) is 52.0. The van der Waals surface area contributed by atoms with Crippen molar-refractivity contribution in [1.82, 2.24) is 16.0 Å². The molecule has 3 N–H and O–H groups in total. The highest BCUT2D eigenvalue weighted by atomic mass is 32.2. The summed E-state index contributed by atoms with van der Waals surface area (Å²) in [5.74, 6) is 0.632. The highest BCUT2D eigenvalue weighted by Gasteiger charge is 2.22. The van der Waals surface area contributed by atoms with E-state index in [1.807, 2.05) is 164 Å². The molecule has 0 spiro atoms. The largest absolute Gasteiger partial charge is 0.490 e. The van der Waals surface area contributed by atoms with Gasteiger partial charge in [-0.25, -0.2) is 28.8 Å². The maximum absolute atomic E-state index is 12.9. The number of hydrogen-bond acceptors (Lipinski definition) is 18. The van der Waals surface area contributed by atoms with Crippen molar-refractivity contribution >= 4 is 71.5 Å². The molecule has 3 atom stereocenters. The van der Waals surface area contributed by atoms with Gasteiger partial charge in [0.05, 0.1) is 19.6 Å². The summed E-state index contributed by atoms with van der Waals surface area (Å²) in [7, 11) is 0. The molecule has 0 aliphatic rings. The third-order valence-corrected chi connectivity index (χ3v) is 15.1. The summed E-state index contributed by atoms with van der Waals surface area (Å²) in [5, 5.41) is 7.82. The van der Waals surface area contributed by atoms with E-state index in [2.05, 4.69) is 35.7 Å². The van der Waals surface area contributed by atoms with E-state index in [1.54, 1.807) is 0 Å². The number of nitrogens with one attached hydrogen (secondary N) is 3. The Labute approximate surface area is 507 Å². The third kappa shape index (κ3) is 25.3. The molecule has 85 heavy (non-hydrogen) atoms. The van der Waals surface area contributed by atoms with Gasteiger partial charge in [0.25, 0.3) is 0 Å². The second kappa shape index (κ2) is 37.4. The number of rotatable bonds is 36. The van der Waals surface area contributed by atoms with E-state index in [4.69, 9.17) is 42.6 Å². The summed E-state index contributed by atoms with van der Waals surface area (Å²) in [6.45, 7) is 10.2. The molecule has 0 aliphatic heterocycles. The van der Waals surface area contributed by atoms with Crippen molar-refractivity contribution in [3.63, 3.8) is 0 Å². The number of hydrogen-bond donors (Lipinski definition) is 3. The van der Waals surface area contributed by atoms with E-state index in [1.165, 1.54) is 35.3 Å². The van der Waals surface area contributed by atoms with Crippen LogP contribution in [-0.2, 0) is 42.8 Å². The smallest absolute Gasteiger partial charge is 0.407 e. The number of carbonyl (C=O) groups is 6. The number of ether oxygens (including phenoxy) is 9. The van der Waals surface area contributed by atoms with Gasteiger partial charge in [-0.3, -0.25) is 0 Å². The van der Waals surface area contributed by atoms with Crippen LogP contribution in [0.15, 0.2) is 216 Å². The van der Waals surface area contributed by atoms with Crippen LogP contribution in [0.2, 0.25) is 0 Å². The van der Waals surface area contributed by atoms with Crippen molar-refractivity contribution in [2.45, 2.75) is 38.9 Å². The Hall–Kier alpha value is -8.79. The van der Waals surface area contributed by atoms with Gasteiger partial charge >= 0.3 is 36.2 Å². The minimum atomic E-state index is -0.692. The lowest BCUT2D eigenvalue weighted by Crippen LogP contribution is -2.35. The molecule has 3 amide bonds. The zero-order valence-electron chi connectivity index (χ0n) is 46.6. The third-order valence-electron chi connectivity index (χ3n) is 11.7. The molecule has 0 fully saturated rings. The van der Waals surface area contributed by atoms with Crippen LogP contribution in [-0.4, -0.2) is 131 Å². The van der Waals surface area contributed by atoms with Crippen LogP contribution in [0.4, 0.5) is 14.4 Å². The first-order chi connectivity index (χ1) is 41.5. The highest BCUT2D eigenvalue weighted by molar-refractivity contribution is 7.99. The summed E-state index contributed by atoms with van der Waals surface area (Å²) in [6.07, 6.45) is -0.952. The second-order valence-corrected chi connectivity index (χ2v) is 21.2. The number of benzene rings is 6. The van der Waals surface area contributed by atoms with Crippen LogP contribution < -0.4 is 30.2 Å². The van der Waals surface area contributed by atoms with Crippen molar-refractivity contribution in [3.05, 3.63) is 218 Å². The lowest BCUT2D eigenvalue weighted by Gasteiger charge is -2.22. The van der Waals surface area contributed by atoms with Crippen molar-refractivity contribution in [2.75, 3.05) is 76.5 Å². The molecular weight excluding hydrogens is 1150 g/mol. The first-order valence-corrected chi connectivity index (χ1v) is 29.8. The fourth-order valence-corrected chi connectivity index (χ4v) is 10.2. The molecule has 0 saturated heterocycles. The van der Waals surface area contributed by atoms with Gasteiger partial charge in [-0.15, -0.1) is 35.3 Å². The summed E-state index contributed by atoms with van der Waals surface area (Å²) in [5.41, 5.74) is 2.73. The Bertz CT molecular complexity index is 2710. The monoisotopic (exact) mass is 1210 g/mol. The molecule has 21 heteroatoms. The second-order valence-electron chi connectivity index (χ2n) is 17.9. The number of esters is 3. The summed E-state index contributed by atoms with van der Waals surface area (Å²) < 4.78 is 51.0. The fourth-order valence-electron chi connectivity index (χ4n) is 7.55. The van der Waals surface area contributed by atoms with E-state index >= 15 is 0 Å². The lowest BCUT2D eigenvalue weighted by atomic mass is 9.85. The van der Waals surface area contributed by atoms with Crippen LogP contribution in [0.25, 0.3) is 0 Å². The van der Waals surface area contributed by atoms with Crippen molar-refractivity contribution in [1.29, 1.82) is 0 Å². The first kappa shape index (κ1) is 65.4. The van der Waals surface area contributed by atoms with E-state index in [9.17, 15) is 28.8 Å². The maximum atomic E-state index is 12.9. The van der Waals surface area contributed by atoms with E-state index < -0.39 is 54.5 Å². The van der Waals surface area contributed by atoms with Gasteiger partial charge in [-0.2, -0.15) is 0 Å². The van der Waals surface area contributed by atoms with Gasteiger partial charge in [0, 0.05) is 56.1 Å². The molecule has 6 rings (SSSR count). The molecule has 6 aromatic rings. The first-order valence-electron chi connectivity index (χ1n) is 26.9. The van der Waals surface area contributed by atoms with Crippen LogP contribution in [0.3, 0.4) is 0 Å². The molecular formula is C64H67N3O15S3. The normalized spacial score (nSPS) is 12.0. The van der Waals surface area contributed by atoms with E-state index in [-0.39, 0.29) is 65.2 Å².